The van der Waals surface area contributed by atoms with Gasteiger partial charge in [-0.25, -0.2) is 9.78 Å². The van der Waals surface area contributed by atoms with Crippen molar-refractivity contribution in [3.63, 3.8) is 0 Å². The van der Waals surface area contributed by atoms with Gasteiger partial charge in [0.15, 0.2) is 5.60 Å². The molecule has 0 spiro atoms. The Kier molecular flexibility index (Phi) is 5.19. The van der Waals surface area contributed by atoms with Gasteiger partial charge in [-0.2, -0.15) is 0 Å². The average Bonchev–Trinajstić information content (AvgIpc) is 2.91. The normalized spacial score (nSPS) is 35.0. The first kappa shape index (κ1) is 19.8. The predicted octanol–water partition coefficient (Wildman–Crippen LogP) is 4.73. The van der Waals surface area contributed by atoms with E-state index in [0.717, 1.165) is 25.7 Å². The van der Waals surface area contributed by atoms with Crippen molar-refractivity contribution in [3.05, 3.63) is 0 Å². The maximum absolute atomic E-state index is 11.1. The molecule has 0 radical (unpaired) electrons. The van der Waals surface area contributed by atoms with E-state index in [0.29, 0.717) is 17.3 Å². The lowest BCUT2D eigenvalue weighted by Gasteiger charge is -2.42. The van der Waals surface area contributed by atoms with E-state index in [1.165, 1.54) is 0 Å². The molecule has 138 valence electrons. The second-order valence-corrected chi connectivity index (χ2v) is 9.71. The summed E-state index contributed by atoms with van der Waals surface area (Å²) < 4.78 is 0. The van der Waals surface area contributed by atoms with Gasteiger partial charge < -0.3 is 5.11 Å². The Morgan fingerprint density at radius 3 is 2.29 bits per heavy atom. The van der Waals surface area contributed by atoms with Crippen molar-refractivity contribution < 1.29 is 14.9 Å². The van der Waals surface area contributed by atoms with Crippen LogP contribution in [0.4, 0.5) is 0 Å². The predicted molar refractivity (Wildman–Crippen MR) is 97.1 cm³/mol. The molecule has 2 bridgehead atoms. The summed E-state index contributed by atoms with van der Waals surface area (Å²) in [6, 6.07) is 0. The van der Waals surface area contributed by atoms with Gasteiger partial charge in [-0.15, -0.1) is 0 Å². The summed E-state index contributed by atoms with van der Waals surface area (Å²) in [5, 5.41) is 11.1. The summed E-state index contributed by atoms with van der Waals surface area (Å²) in [5.74, 6) is 7.61. The highest BCUT2D eigenvalue weighted by Crippen LogP contribution is 2.62. The minimum absolute atomic E-state index is 0.262. The van der Waals surface area contributed by atoms with Crippen LogP contribution in [0.1, 0.15) is 81.1 Å². The van der Waals surface area contributed by atoms with Crippen LogP contribution in [0.2, 0.25) is 0 Å². The van der Waals surface area contributed by atoms with Gasteiger partial charge in [-0.1, -0.05) is 46.0 Å². The molecule has 2 aliphatic carbocycles. The number of rotatable bonds is 5. The Morgan fingerprint density at radius 1 is 1.17 bits per heavy atom. The van der Waals surface area contributed by atoms with Crippen molar-refractivity contribution in [3.8, 4) is 11.8 Å². The Labute approximate surface area is 148 Å². The molecule has 0 aromatic carbocycles. The fraction of sp³-hybridized carbons (Fsp3) is 0.905. The molecule has 0 aromatic rings. The second-order valence-electron chi connectivity index (χ2n) is 9.71. The van der Waals surface area contributed by atoms with Gasteiger partial charge in [0.25, 0.3) is 0 Å². The smallest absolute Gasteiger partial charge is 0.158 e. The summed E-state index contributed by atoms with van der Waals surface area (Å²) in [5.41, 5.74) is -1.63. The van der Waals surface area contributed by atoms with Crippen molar-refractivity contribution in [1.29, 1.82) is 0 Å². The fourth-order valence-corrected chi connectivity index (χ4v) is 4.47. The molecule has 2 aliphatic rings. The summed E-state index contributed by atoms with van der Waals surface area (Å²) in [4.78, 5) is 11.2. The Hall–Kier alpha value is -0.560. The van der Waals surface area contributed by atoms with E-state index in [1.807, 2.05) is 27.7 Å². The molecule has 2 saturated carbocycles. The van der Waals surface area contributed by atoms with Crippen LogP contribution in [0.3, 0.4) is 0 Å². The lowest BCUT2D eigenvalue weighted by molar-refractivity contribution is -0.389. The van der Waals surface area contributed by atoms with Gasteiger partial charge in [0.2, 0.25) is 0 Å². The molecule has 0 unspecified atom stereocenters. The van der Waals surface area contributed by atoms with Gasteiger partial charge in [-0.05, 0) is 64.2 Å². The van der Waals surface area contributed by atoms with Crippen LogP contribution in [0.5, 0.6) is 0 Å². The van der Waals surface area contributed by atoms with E-state index >= 15 is 0 Å². The summed E-state index contributed by atoms with van der Waals surface area (Å²) >= 11 is 0. The third-order valence-electron chi connectivity index (χ3n) is 6.45. The molecule has 0 saturated heterocycles. The van der Waals surface area contributed by atoms with Crippen molar-refractivity contribution >= 4 is 0 Å². The third-order valence-corrected chi connectivity index (χ3v) is 6.45. The molecule has 4 atom stereocenters. The van der Waals surface area contributed by atoms with E-state index < -0.39 is 11.2 Å². The quantitative estimate of drug-likeness (QED) is 0.448. The zero-order valence-electron chi connectivity index (χ0n) is 16.8. The lowest BCUT2D eigenvalue weighted by Crippen LogP contribution is -2.44. The minimum Gasteiger partial charge on any atom is -0.377 e. The molecule has 2 rings (SSSR count). The molecule has 2 fully saturated rings. The number of hydrogen-bond donors (Lipinski definition) is 1. The molecular formula is C21H36O3. The zero-order valence-corrected chi connectivity index (χ0v) is 16.8. The molecule has 3 nitrogen and oxygen atoms in total. The van der Waals surface area contributed by atoms with E-state index in [9.17, 15) is 5.11 Å². The van der Waals surface area contributed by atoms with Crippen molar-refractivity contribution in [2.45, 2.75) is 97.9 Å². The lowest BCUT2D eigenvalue weighted by atomic mass is 9.64. The third kappa shape index (κ3) is 3.82. The van der Waals surface area contributed by atoms with Gasteiger partial charge in [0, 0.05) is 5.92 Å². The first-order valence-corrected chi connectivity index (χ1v) is 9.46. The van der Waals surface area contributed by atoms with Crippen LogP contribution in [-0.4, -0.2) is 21.9 Å². The van der Waals surface area contributed by atoms with Crippen molar-refractivity contribution in [2.75, 3.05) is 0 Å². The molecule has 0 aliphatic heterocycles. The second kappa shape index (κ2) is 6.31. The molecule has 0 heterocycles. The zero-order chi connectivity index (χ0) is 18.4. The van der Waals surface area contributed by atoms with Crippen LogP contribution < -0.4 is 0 Å². The number of hydrogen-bond acceptors (Lipinski definition) is 3. The standard InChI is InChI=1S/C21H36O3/c1-9-10-18(3,4)23-24-19(5,6)11-12-21(22)14-16-13-17(21)15(2)20(16,7)8/h15-17,22H,9-10,13-14H2,1-8H3/t15-,16+,17-,21+/m0/s1. The van der Waals surface area contributed by atoms with Crippen LogP contribution in [0, 0.1) is 35.0 Å². The van der Waals surface area contributed by atoms with Crippen LogP contribution in [-0.2, 0) is 9.78 Å². The van der Waals surface area contributed by atoms with Crippen molar-refractivity contribution in [2.24, 2.45) is 23.2 Å². The van der Waals surface area contributed by atoms with Crippen LogP contribution in [0.15, 0.2) is 0 Å². The van der Waals surface area contributed by atoms with Gasteiger partial charge in [-0.3, -0.25) is 0 Å². The summed E-state index contributed by atoms with van der Waals surface area (Å²) in [6.45, 7) is 16.9. The summed E-state index contributed by atoms with van der Waals surface area (Å²) in [6.07, 6.45) is 3.83. The molecule has 24 heavy (non-hydrogen) atoms. The van der Waals surface area contributed by atoms with Crippen LogP contribution in [0.25, 0.3) is 0 Å². The number of aliphatic hydroxyl groups is 1. The Morgan fingerprint density at radius 2 is 1.79 bits per heavy atom. The van der Waals surface area contributed by atoms with E-state index in [2.05, 4.69) is 39.5 Å². The van der Waals surface area contributed by atoms with Gasteiger partial charge in [0.05, 0.1) is 5.60 Å². The van der Waals surface area contributed by atoms with E-state index in [-0.39, 0.29) is 11.5 Å². The van der Waals surface area contributed by atoms with Gasteiger partial charge in [0.1, 0.15) is 5.60 Å². The molecular weight excluding hydrogens is 300 g/mol. The highest BCUT2D eigenvalue weighted by molar-refractivity contribution is 5.27. The minimum atomic E-state index is -0.876. The molecule has 0 aromatic heterocycles. The van der Waals surface area contributed by atoms with Crippen LogP contribution >= 0.6 is 0 Å². The molecule has 0 amide bonds. The summed E-state index contributed by atoms with van der Waals surface area (Å²) in [7, 11) is 0. The maximum atomic E-state index is 11.1. The highest BCUT2D eigenvalue weighted by atomic mass is 17.2. The maximum Gasteiger partial charge on any atom is 0.158 e. The average molecular weight is 337 g/mol. The Balaban J connectivity index is 2.04. The molecule has 1 N–H and O–H groups in total. The molecule has 3 heteroatoms. The number of fused-ring (bicyclic) bond motifs is 2. The highest BCUT2D eigenvalue weighted by Gasteiger charge is 2.61. The van der Waals surface area contributed by atoms with E-state index in [1.54, 1.807) is 0 Å². The first-order valence-electron chi connectivity index (χ1n) is 9.46. The topological polar surface area (TPSA) is 38.7 Å². The SMILES string of the molecule is CCCC(C)(C)OOC(C)(C)C#C[C@@]1(O)C[C@H]2C[C@H]1[C@H](C)C2(C)C. The Bertz CT molecular complexity index is 519. The fourth-order valence-electron chi connectivity index (χ4n) is 4.47. The largest absolute Gasteiger partial charge is 0.377 e. The van der Waals surface area contributed by atoms with E-state index in [4.69, 9.17) is 9.78 Å². The van der Waals surface area contributed by atoms with Crippen molar-refractivity contribution in [1.82, 2.24) is 0 Å². The first-order chi connectivity index (χ1) is 10.8. The van der Waals surface area contributed by atoms with Gasteiger partial charge >= 0.3 is 0 Å². The monoisotopic (exact) mass is 336 g/mol.